The van der Waals surface area contributed by atoms with Gasteiger partial charge < -0.3 is 4.74 Å². The molecule has 94 valence electrons. The molecular weight excluding hydrogens is 198 g/mol. The summed E-state index contributed by atoms with van der Waals surface area (Å²) < 4.78 is 5.61. The van der Waals surface area contributed by atoms with Gasteiger partial charge in [0, 0.05) is 5.70 Å². The van der Waals surface area contributed by atoms with Crippen LogP contribution in [0.4, 0.5) is 0 Å². The van der Waals surface area contributed by atoms with E-state index in [9.17, 15) is 0 Å². The first kappa shape index (κ1) is 17.3. The maximum Gasteiger partial charge on any atom is 0.130 e. The molecule has 0 amide bonds. The second-order valence-electron chi connectivity index (χ2n) is 3.40. The largest absolute Gasteiger partial charge is 0.489 e. The van der Waals surface area contributed by atoms with Gasteiger partial charge in [-0.2, -0.15) is 0 Å². The summed E-state index contributed by atoms with van der Waals surface area (Å²) in [6, 6.07) is 0. The highest BCUT2D eigenvalue weighted by atomic mass is 16.5. The predicted octanol–water partition coefficient (Wildman–Crippen LogP) is 4.73. The summed E-state index contributed by atoms with van der Waals surface area (Å²) in [4.78, 5) is 4.03. The van der Waals surface area contributed by atoms with E-state index in [2.05, 4.69) is 32.0 Å². The van der Waals surface area contributed by atoms with Gasteiger partial charge in [-0.15, -0.1) is 0 Å². The van der Waals surface area contributed by atoms with Gasteiger partial charge in [0.1, 0.15) is 5.76 Å². The standard InChI is InChI=1S/C12H21NO.C2H6/c1-6-8-12(7-2)14-11(5)9-13-10(3)4;1-2/h9,12H,3,5-8H2,1-2,4H3;1-2H3. The molecule has 2 heteroatoms. The van der Waals surface area contributed by atoms with E-state index in [1.165, 1.54) is 0 Å². The first-order chi connectivity index (χ1) is 7.60. The van der Waals surface area contributed by atoms with Crippen molar-refractivity contribution in [3.05, 3.63) is 24.6 Å². The highest BCUT2D eigenvalue weighted by molar-refractivity contribution is 5.75. The average molecular weight is 225 g/mol. The molecule has 0 fully saturated rings. The van der Waals surface area contributed by atoms with Crippen LogP contribution in [0.1, 0.15) is 53.9 Å². The molecule has 2 nitrogen and oxygen atoms in total. The Hall–Kier alpha value is -1.05. The zero-order chi connectivity index (χ0) is 13.0. The lowest BCUT2D eigenvalue weighted by molar-refractivity contribution is 0.119. The van der Waals surface area contributed by atoms with Gasteiger partial charge in [0.15, 0.2) is 0 Å². The molecule has 0 aromatic rings. The number of hydrogen-bond donors (Lipinski definition) is 0. The van der Waals surface area contributed by atoms with Gasteiger partial charge in [0.05, 0.1) is 12.3 Å². The lowest BCUT2D eigenvalue weighted by Crippen LogP contribution is -2.11. The third-order valence-corrected chi connectivity index (χ3v) is 1.81. The molecule has 0 saturated heterocycles. The predicted molar refractivity (Wildman–Crippen MR) is 73.9 cm³/mol. The second-order valence-corrected chi connectivity index (χ2v) is 3.40. The van der Waals surface area contributed by atoms with Crippen LogP contribution in [0.15, 0.2) is 29.6 Å². The van der Waals surface area contributed by atoms with E-state index in [1.54, 1.807) is 6.21 Å². The minimum absolute atomic E-state index is 0.268. The molecule has 0 radical (unpaired) electrons. The Morgan fingerprint density at radius 2 is 1.88 bits per heavy atom. The zero-order valence-corrected chi connectivity index (χ0v) is 11.5. The van der Waals surface area contributed by atoms with E-state index in [0.29, 0.717) is 5.76 Å². The van der Waals surface area contributed by atoms with Crippen molar-refractivity contribution in [1.82, 2.24) is 0 Å². The van der Waals surface area contributed by atoms with E-state index in [1.807, 2.05) is 20.8 Å². The Labute approximate surface area is 101 Å². The molecule has 16 heavy (non-hydrogen) atoms. The van der Waals surface area contributed by atoms with E-state index in [4.69, 9.17) is 4.74 Å². The van der Waals surface area contributed by atoms with Crippen LogP contribution in [0.3, 0.4) is 0 Å². The molecule has 0 saturated carbocycles. The molecule has 0 bridgehead atoms. The summed E-state index contributed by atoms with van der Waals surface area (Å²) in [6.07, 6.45) is 5.10. The van der Waals surface area contributed by atoms with Crippen LogP contribution >= 0.6 is 0 Å². The molecule has 0 heterocycles. The molecule has 0 rings (SSSR count). The quantitative estimate of drug-likeness (QED) is 0.453. The maximum atomic E-state index is 5.61. The molecule has 1 unspecified atom stereocenters. The number of hydrogen-bond acceptors (Lipinski definition) is 2. The van der Waals surface area contributed by atoms with Crippen molar-refractivity contribution in [3.63, 3.8) is 0 Å². The van der Waals surface area contributed by atoms with Crippen molar-refractivity contribution in [1.29, 1.82) is 0 Å². The smallest absolute Gasteiger partial charge is 0.130 e. The minimum atomic E-state index is 0.268. The monoisotopic (exact) mass is 225 g/mol. The Balaban J connectivity index is 0. The highest BCUT2D eigenvalue weighted by Gasteiger charge is 2.05. The van der Waals surface area contributed by atoms with Crippen LogP contribution in [-0.4, -0.2) is 12.3 Å². The fourth-order valence-corrected chi connectivity index (χ4v) is 1.10. The Kier molecular flexibility index (Phi) is 13.0. The Bertz CT molecular complexity index is 219. The van der Waals surface area contributed by atoms with E-state index >= 15 is 0 Å². The number of nitrogens with zero attached hydrogens (tertiary/aromatic N) is 1. The van der Waals surface area contributed by atoms with Gasteiger partial charge >= 0.3 is 0 Å². The van der Waals surface area contributed by atoms with Crippen LogP contribution < -0.4 is 0 Å². The summed E-state index contributed by atoms with van der Waals surface area (Å²) in [5.74, 6) is 0.619. The SMILES string of the molecule is C=C(C)N=CC(=C)OC(CC)CCC.CC. The van der Waals surface area contributed by atoms with E-state index in [-0.39, 0.29) is 6.10 Å². The van der Waals surface area contributed by atoms with Crippen molar-refractivity contribution in [2.75, 3.05) is 0 Å². The third-order valence-electron chi connectivity index (χ3n) is 1.81. The summed E-state index contributed by atoms with van der Waals surface area (Å²) in [7, 11) is 0. The zero-order valence-electron chi connectivity index (χ0n) is 11.5. The van der Waals surface area contributed by atoms with Crippen molar-refractivity contribution >= 4 is 6.21 Å². The van der Waals surface area contributed by atoms with Crippen LogP contribution in [0.5, 0.6) is 0 Å². The van der Waals surface area contributed by atoms with Gasteiger partial charge in [0.2, 0.25) is 0 Å². The molecule has 0 aliphatic heterocycles. The number of allylic oxidation sites excluding steroid dienone is 2. The summed E-state index contributed by atoms with van der Waals surface area (Å²) in [5, 5.41) is 0. The first-order valence-electron chi connectivity index (χ1n) is 6.15. The van der Waals surface area contributed by atoms with Crippen molar-refractivity contribution < 1.29 is 4.74 Å². The summed E-state index contributed by atoms with van der Waals surface area (Å²) in [6.45, 7) is 17.6. The lowest BCUT2D eigenvalue weighted by atomic mass is 10.1. The molecule has 0 aliphatic carbocycles. The van der Waals surface area contributed by atoms with Gasteiger partial charge in [-0.05, 0) is 19.8 Å². The van der Waals surface area contributed by atoms with Crippen molar-refractivity contribution in [2.45, 2.75) is 60.0 Å². The normalized spacial score (nSPS) is 11.6. The number of rotatable bonds is 7. The van der Waals surface area contributed by atoms with Crippen molar-refractivity contribution in [3.8, 4) is 0 Å². The van der Waals surface area contributed by atoms with Crippen LogP contribution in [-0.2, 0) is 4.74 Å². The maximum absolute atomic E-state index is 5.61. The van der Waals surface area contributed by atoms with Gasteiger partial charge in [-0.25, -0.2) is 0 Å². The third kappa shape index (κ3) is 11.0. The van der Waals surface area contributed by atoms with Gasteiger partial charge in [-0.1, -0.05) is 47.3 Å². The highest BCUT2D eigenvalue weighted by Crippen LogP contribution is 2.09. The fraction of sp³-hybridized carbons (Fsp3) is 0.643. The van der Waals surface area contributed by atoms with Crippen molar-refractivity contribution in [2.24, 2.45) is 4.99 Å². The van der Waals surface area contributed by atoms with Gasteiger partial charge in [-0.3, -0.25) is 4.99 Å². The van der Waals surface area contributed by atoms with Crippen LogP contribution in [0.2, 0.25) is 0 Å². The average Bonchev–Trinajstić information content (AvgIpc) is 2.28. The molecule has 0 aliphatic rings. The Morgan fingerprint density at radius 1 is 1.31 bits per heavy atom. The molecule has 0 spiro atoms. The summed E-state index contributed by atoms with van der Waals surface area (Å²) in [5.41, 5.74) is 0.762. The van der Waals surface area contributed by atoms with Crippen LogP contribution in [0.25, 0.3) is 0 Å². The van der Waals surface area contributed by atoms with Crippen LogP contribution in [0, 0.1) is 0 Å². The minimum Gasteiger partial charge on any atom is -0.489 e. The number of aliphatic imine (C=N–C) groups is 1. The molecule has 0 aromatic heterocycles. The first-order valence-corrected chi connectivity index (χ1v) is 6.15. The fourth-order valence-electron chi connectivity index (χ4n) is 1.10. The summed E-state index contributed by atoms with van der Waals surface area (Å²) >= 11 is 0. The molecular formula is C14H27NO. The molecule has 1 atom stereocenters. The Morgan fingerprint density at radius 3 is 2.25 bits per heavy atom. The lowest BCUT2D eigenvalue weighted by Gasteiger charge is -2.16. The van der Waals surface area contributed by atoms with Gasteiger partial charge in [0.25, 0.3) is 0 Å². The second kappa shape index (κ2) is 12.0. The topological polar surface area (TPSA) is 21.6 Å². The molecule has 0 N–H and O–H groups in total. The molecule has 0 aromatic carbocycles. The van der Waals surface area contributed by atoms with E-state index in [0.717, 1.165) is 25.0 Å². The van der Waals surface area contributed by atoms with E-state index < -0.39 is 0 Å². The number of ether oxygens (including phenoxy) is 1.